The number of nitrogen functional groups attached to an aromatic ring is 1. The molecule has 1 amide bonds. The summed E-state index contributed by atoms with van der Waals surface area (Å²) in [5, 5.41) is 9.08. The third-order valence-electron chi connectivity index (χ3n) is 4.32. The Morgan fingerprint density at radius 1 is 1.33 bits per heavy atom. The second-order valence-corrected chi connectivity index (χ2v) is 6.80. The van der Waals surface area contributed by atoms with Crippen LogP contribution in [-0.4, -0.2) is 32.2 Å². The average Bonchev–Trinajstić information content (AvgIpc) is 2.67. The van der Waals surface area contributed by atoms with Gasteiger partial charge in [-0.2, -0.15) is 5.26 Å². The van der Waals surface area contributed by atoms with E-state index in [-0.39, 0.29) is 39.7 Å². The van der Waals surface area contributed by atoms with Crippen molar-refractivity contribution in [2.75, 3.05) is 24.3 Å². The molecule has 0 saturated heterocycles. The predicted octanol–water partition coefficient (Wildman–Crippen LogP) is 2.64. The van der Waals surface area contributed by atoms with Gasteiger partial charge in [-0.15, -0.1) is 0 Å². The Morgan fingerprint density at radius 2 is 2.00 bits per heavy atom. The summed E-state index contributed by atoms with van der Waals surface area (Å²) >= 11 is 6.05. The zero-order valence-electron chi connectivity index (χ0n) is 15.8. The number of nitrogens with zero attached hydrogens (tertiary/aromatic N) is 2. The van der Waals surface area contributed by atoms with Crippen LogP contribution in [0, 0.1) is 17.1 Å². The SMILES string of the molecule is CN(c1cc(OCC(F)F)c(C(N)=O)cc1N)C(N)Cc1cc(C#N)c(F)cc1Cl. The van der Waals surface area contributed by atoms with Gasteiger partial charge in [-0.05, 0) is 23.8 Å². The summed E-state index contributed by atoms with van der Waals surface area (Å²) in [5.41, 5.74) is 17.9. The lowest BCUT2D eigenvalue weighted by Crippen LogP contribution is -2.41. The fourth-order valence-corrected chi connectivity index (χ4v) is 2.96. The Morgan fingerprint density at radius 3 is 2.57 bits per heavy atom. The van der Waals surface area contributed by atoms with Crippen molar-refractivity contribution in [2.24, 2.45) is 11.5 Å². The molecule has 0 radical (unpaired) electrons. The Labute approximate surface area is 175 Å². The summed E-state index contributed by atoms with van der Waals surface area (Å²) in [5.74, 6) is -1.82. The number of carbonyl (C=O) groups is 1. The third kappa shape index (κ3) is 5.25. The van der Waals surface area contributed by atoms with E-state index in [0.717, 1.165) is 6.07 Å². The highest BCUT2D eigenvalue weighted by atomic mass is 35.5. The molecule has 0 saturated carbocycles. The molecule has 11 heteroatoms. The maximum Gasteiger partial charge on any atom is 0.272 e. The molecule has 2 aromatic rings. The number of carbonyl (C=O) groups excluding carboxylic acids is 1. The van der Waals surface area contributed by atoms with Crippen LogP contribution in [0.15, 0.2) is 24.3 Å². The predicted molar refractivity (Wildman–Crippen MR) is 107 cm³/mol. The maximum atomic E-state index is 13.7. The fourth-order valence-electron chi connectivity index (χ4n) is 2.73. The van der Waals surface area contributed by atoms with Crippen molar-refractivity contribution >= 4 is 28.9 Å². The highest BCUT2D eigenvalue weighted by molar-refractivity contribution is 6.31. The minimum atomic E-state index is -2.76. The summed E-state index contributed by atoms with van der Waals surface area (Å²) in [6.07, 6.45) is -3.42. The quantitative estimate of drug-likeness (QED) is 0.426. The molecular weight excluding hydrogens is 423 g/mol. The van der Waals surface area contributed by atoms with Gasteiger partial charge in [-0.3, -0.25) is 4.79 Å². The van der Waals surface area contributed by atoms with Crippen LogP contribution < -0.4 is 26.8 Å². The van der Waals surface area contributed by atoms with Gasteiger partial charge in [0.05, 0.1) is 28.7 Å². The van der Waals surface area contributed by atoms with Crippen LogP contribution in [0.25, 0.3) is 0 Å². The number of nitrogens with two attached hydrogens (primary N) is 3. The Hall–Kier alpha value is -3.16. The number of rotatable bonds is 8. The molecule has 0 aliphatic heterocycles. The topological polar surface area (TPSA) is 131 Å². The fraction of sp³-hybridized carbons (Fsp3) is 0.263. The number of amides is 1. The molecule has 0 aromatic heterocycles. The number of halogens is 4. The second-order valence-electron chi connectivity index (χ2n) is 6.39. The van der Waals surface area contributed by atoms with Crippen molar-refractivity contribution in [3.8, 4) is 11.8 Å². The number of alkyl halides is 2. The van der Waals surface area contributed by atoms with E-state index in [0.29, 0.717) is 5.56 Å². The molecule has 0 aliphatic rings. The lowest BCUT2D eigenvalue weighted by atomic mass is 10.0. The molecular formula is C19H19ClF3N5O2. The highest BCUT2D eigenvalue weighted by Gasteiger charge is 2.21. The van der Waals surface area contributed by atoms with Crippen LogP contribution in [-0.2, 0) is 6.42 Å². The lowest BCUT2D eigenvalue weighted by molar-refractivity contribution is 0.0801. The molecule has 1 unspecified atom stereocenters. The zero-order valence-corrected chi connectivity index (χ0v) is 16.6. The summed E-state index contributed by atoms with van der Waals surface area (Å²) in [4.78, 5) is 13.1. The number of hydrogen-bond acceptors (Lipinski definition) is 6. The number of benzene rings is 2. The first-order valence-corrected chi connectivity index (χ1v) is 8.93. The Kier molecular flexibility index (Phi) is 7.37. The molecule has 0 fully saturated rings. The van der Waals surface area contributed by atoms with Crippen LogP contribution in [0.3, 0.4) is 0 Å². The van der Waals surface area contributed by atoms with Gasteiger partial charge in [0, 0.05) is 24.6 Å². The van der Waals surface area contributed by atoms with Gasteiger partial charge in [0.25, 0.3) is 12.3 Å². The van der Waals surface area contributed by atoms with E-state index in [1.54, 1.807) is 13.1 Å². The van der Waals surface area contributed by atoms with E-state index >= 15 is 0 Å². The van der Waals surface area contributed by atoms with E-state index in [4.69, 9.17) is 38.8 Å². The number of ether oxygens (including phenoxy) is 1. The molecule has 0 bridgehead atoms. The largest absolute Gasteiger partial charge is 0.487 e. The van der Waals surface area contributed by atoms with Crippen LogP contribution in [0.1, 0.15) is 21.5 Å². The van der Waals surface area contributed by atoms with Crippen LogP contribution in [0.2, 0.25) is 5.02 Å². The molecule has 2 aromatic carbocycles. The van der Waals surface area contributed by atoms with Gasteiger partial charge in [-0.25, -0.2) is 13.2 Å². The van der Waals surface area contributed by atoms with Gasteiger partial charge >= 0.3 is 0 Å². The van der Waals surface area contributed by atoms with Gasteiger partial charge in [0.2, 0.25) is 0 Å². The highest BCUT2D eigenvalue weighted by Crippen LogP contribution is 2.33. The summed E-state index contributed by atoms with van der Waals surface area (Å²) in [6.45, 7) is -0.943. The summed E-state index contributed by atoms with van der Waals surface area (Å²) in [6, 6.07) is 6.53. The van der Waals surface area contributed by atoms with Crippen molar-refractivity contribution in [1.29, 1.82) is 5.26 Å². The standard InChI is InChI=1S/C19H19ClF3N5O2/c1-28(18(26)3-9-2-10(7-24)13(21)5-12(9)20)15-6-16(30-8-17(22)23)11(19(27)29)4-14(15)25/h2,4-6,17-18H,3,8,25-26H2,1H3,(H2,27,29). The molecule has 0 aliphatic carbocycles. The van der Waals surface area contributed by atoms with E-state index < -0.39 is 30.9 Å². The zero-order chi connectivity index (χ0) is 22.6. The summed E-state index contributed by atoms with van der Waals surface area (Å²) in [7, 11) is 1.57. The van der Waals surface area contributed by atoms with Gasteiger partial charge in [0.15, 0.2) is 0 Å². The number of hydrogen-bond donors (Lipinski definition) is 3. The molecule has 0 spiro atoms. The first-order valence-electron chi connectivity index (χ1n) is 8.55. The monoisotopic (exact) mass is 441 g/mol. The van der Waals surface area contributed by atoms with Crippen molar-refractivity contribution < 1.29 is 22.7 Å². The normalized spacial score (nSPS) is 11.8. The Bertz CT molecular complexity index is 997. The van der Waals surface area contributed by atoms with E-state index in [9.17, 15) is 18.0 Å². The molecule has 6 N–H and O–H groups in total. The average molecular weight is 442 g/mol. The lowest BCUT2D eigenvalue weighted by Gasteiger charge is -2.29. The van der Waals surface area contributed by atoms with Crippen LogP contribution in [0.5, 0.6) is 5.75 Å². The van der Waals surface area contributed by atoms with Crippen molar-refractivity contribution in [2.45, 2.75) is 19.0 Å². The molecule has 0 heterocycles. The molecule has 160 valence electrons. The van der Waals surface area contributed by atoms with E-state index in [2.05, 4.69) is 0 Å². The number of nitriles is 1. The maximum absolute atomic E-state index is 13.7. The van der Waals surface area contributed by atoms with Gasteiger partial charge < -0.3 is 26.8 Å². The molecule has 7 nitrogen and oxygen atoms in total. The van der Waals surface area contributed by atoms with E-state index in [1.807, 2.05) is 0 Å². The number of primary amides is 1. The van der Waals surface area contributed by atoms with Crippen molar-refractivity contribution in [3.63, 3.8) is 0 Å². The summed E-state index contributed by atoms with van der Waals surface area (Å²) < 4.78 is 43.7. The minimum absolute atomic E-state index is 0.0911. The third-order valence-corrected chi connectivity index (χ3v) is 4.67. The van der Waals surface area contributed by atoms with Crippen molar-refractivity contribution in [3.05, 3.63) is 51.8 Å². The van der Waals surface area contributed by atoms with E-state index in [1.165, 1.54) is 23.1 Å². The van der Waals surface area contributed by atoms with Gasteiger partial charge in [-0.1, -0.05) is 11.6 Å². The Balaban J connectivity index is 2.35. The molecule has 1 atom stereocenters. The molecule has 30 heavy (non-hydrogen) atoms. The minimum Gasteiger partial charge on any atom is -0.487 e. The first kappa shape index (κ1) is 23.1. The first-order chi connectivity index (χ1) is 14.0. The second kappa shape index (κ2) is 9.56. The van der Waals surface area contributed by atoms with Crippen LogP contribution in [0.4, 0.5) is 24.5 Å². The molecule has 2 rings (SSSR count). The smallest absolute Gasteiger partial charge is 0.272 e. The number of likely N-dealkylation sites (N-methyl/N-ethyl adjacent to an activating group) is 1. The van der Waals surface area contributed by atoms with Crippen molar-refractivity contribution in [1.82, 2.24) is 0 Å². The van der Waals surface area contributed by atoms with Crippen LogP contribution >= 0.6 is 11.6 Å². The number of anilines is 2. The van der Waals surface area contributed by atoms with Gasteiger partial charge in [0.1, 0.15) is 24.2 Å².